The van der Waals surface area contributed by atoms with Gasteiger partial charge in [-0.25, -0.2) is 4.79 Å². The number of nitrogens with zero attached hydrogens (tertiary/aromatic N) is 2. The summed E-state index contributed by atoms with van der Waals surface area (Å²) in [5.74, 6) is -1.28. The van der Waals surface area contributed by atoms with Crippen LogP contribution < -0.4 is 14.8 Å². The SMILES string of the molecule is Cc1cccc(C)c1NC(=O)CN1CCN(C[C@@H](O)COc2ccccc2O[C@H]2O[C@H](C(=O)O)[C@@H](O)[C@H](O)[C@H]2O)CC1. The molecule has 2 aliphatic heterocycles. The van der Waals surface area contributed by atoms with Crippen LogP contribution in [0.25, 0.3) is 0 Å². The predicted molar refractivity (Wildman–Crippen MR) is 150 cm³/mol. The standard InChI is InChI=1S/C29H39N3O10/c1-17-6-5-7-18(2)23(17)30-22(34)15-32-12-10-31(11-13-32)14-19(33)16-40-20-8-3-4-9-21(20)41-29-26(37)24(35)25(36)27(42-29)28(38)39/h3-9,19,24-27,29,33,35-37H,10-16H2,1-2H3,(H,30,34)(H,38,39)/t19-,24+,25+,26-,27+,29+/m1/s1. The lowest BCUT2D eigenvalue weighted by atomic mass is 9.99. The van der Waals surface area contributed by atoms with E-state index in [0.29, 0.717) is 32.7 Å². The van der Waals surface area contributed by atoms with Crippen LogP contribution in [-0.2, 0) is 14.3 Å². The Morgan fingerprint density at radius 2 is 1.55 bits per heavy atom. The van der Waals surface area contributed by atoms with E-state index >= 15 is 0 Å². The van der Waals surface area contributed by atoms with Crippen molar-refractivity contribution in [2.45, 2.75) is 50.7 Å². The molecule has 2 aromatic rings. The summed E-state index contributed by atoms with van der Waals surface area (Å²) in [5.41, 5.74) is 2.88. The molecule has 6 atom stereocenters. The molecular formula is C29H39N3O10. The highest BCUT2D eigenvalue weighted by Gasteiger charge is 2.48. The Morgan fingerprint density at radius 3 is 2.19 bits per heavy atom. The Labute approximate surface area is 243 Å². The number of aliphatic hydroxyl groups is 4. The lowest BCUT2D eigenvalue weighted by Crippen LogP contribution is -2.61. The van der Waals surface area contributed by atoms with E-state index in [2.05, 4.69) is 15.1 Å². The second-order valence-electron chi connectivity index (χ2n) is 10.7. The summed E-state index contributed by atoms with van der Waals surface area (Å²) < 4.78 is 16.5. The zero-order valence-corrected chi connectivity index (χ0v) is 23.6. The van der Waals surface area contributed by atoms with Crippen LogP contribution in [0.1, 0.15) is 11.1 Å². The van der Waals surface area contributed by atoms with Crippen molar-refractivity contribution in [1.29, 1.82) is 0 Å². The highest BCUT2D eigenvalue weighted by atomic mass is 16.7. The number of aryl methyl sites for hydroxylation is 2. The molecule has 230 valence electrons. The molecule has 42 heavy (non-hydrogen) atoms. The lowest BCUT2D eigenvalue weighted by molar-refractivity contribution is -0.271. The normalized spacial score (nSPS) is 25.9. The molecule has 13 nitrogen and oxygen atoms in total. The fraction of sp³-hybridized carbons (Fsp3) is 0.517. The molecule has 13 heteroatoms. The quantitative estimate of drug-likeness (QED) is 0.199. The van der Waals surface area contributed by atoms with Crippen molar-refractivity contribution < 1.29 is 49.3 Å². The van der Waals surface area contributed by atoms with Crippen LogP contribution in [0.4, 0.5) is 5.69 Å². The molecule has 2 saturated heterocycles. The van der Waals surface area contributed by atoms with Crippen LogP contribution in [0.15, 0.2) is 42.5 Å². The molecule has 0 saturated carbocycles. The van der Waals surface area contributed by atoms with Crippen LogP contribution in [-0.4, -0.2) is 130 Å². The first-order valence-corrected chi connectivity index (χ1v) is 13.8. The molecule has 0 bridgehead atoms. The summed E-state index contributed by atoms with van der Waals surface area (Å²) in [6.07, 6.45) is -9.58. The fourth-order valence-corrected chi connectivity index (χ4v) is 5.00. The van der Waals surface area contributed by atoms with E-state index in [-0.39, 0.29) is 30.6 Å². The Morgan fingerprint density at radius 1 is 0.929 bits per heavy atom. The maximum atomic E-state index is 12.6. The number of para-hydroxylation sites is 3. The van der Waals surface area contributed by atoms with Gasteiger partial charge in [0.05, 0.1) is 6.54 Å². The number of nitrogens with one attached hydrogen (secondary N) is 1. The highest BCUT2D eigenvalue weighted by molar-refractivity contribution is 5.93. The van der Waals surface area contributed by atoms with Gasteiger partial charge in [0.25, 0.3) is 0 Å². The van der Waals surface area contributed by atoms with Crippen LogP contribution in [0.2, 0.25) is 0 Å². The maximum absolute atomic E-state index is 12.6. The molecule has 4 rings (SSSR count). The molecule has 0 aliphatic carbocycles. The molecule has 0 radical (unpaired) electrons. The summed E-state index contributed by atoms with van der Waals surface area (Å²) in [6, 6.07) is 12.2. The Bertz CT molecular complexity index is 1200. The number of aliphatic hydroxyl groups excluding tert-OH is 4. The first-order valence-electron chi connectivity index (χ1n) is 13.8. The summed E-state index contributed by atoms with van der Waals surface area (Å²) >= 11 is 0. The number of anilines is 1. The number of carbonyl (C=O) groups excluding carboxylic acids is 1. The van der Waals surface area contributed by atoms with Gasteiger partial charge in [-0.05, 0) is 37.1 Å². The number of hydrogen-bond donors (Lipinski definition) is 6. The van der Waals surface area contributed by atoms with Crippen LogP contribution in [0.3, 0.4) is 0 Å². The van der Waals surface area contributed by atoms with Crippen molar-refractivity contribution in [3.05, 3.63) is 53.6 Å². The Hall–Kier alpha value is -3.30. The van der Waals surface area contributed by atoms with Gasteiger partial charge >= 0.3 is 5.97 Å². The highest BCUT2D eigenvalue weighted by Crippen LogP contribution is 2.31. The topological polar surface area (TPSA) is 181 Å². The van der Waals surface area contributed by atoms with Crippen molar-refractivity contribution in [3.63, 3.8) is 0 Å². The summed E-state index contributed by atoms with van der Waals surface area (Å²) in [4.78, 5) is 28.1. The van der Waals surface area contributed by atoms with E-state index in [0.717, 1.165) is 16.8 Å². The van der Waals surface area contributed by atoms with Gasteiger partial charge in [-0.1, -0.05) is 30.3 Å². The summed E-state index contributed by atoms with van der Waals surface area (Å²) in [5, 5.41) is 53.1. The van der Waals surface area contributed by atoms with Gasteiger partial charge < -0.3 is 45.1 Å². The first kappa shape index (κ1) is 31.6. The zero-order valence-electron chi connectivity index (χ0n) is 23.6. The van der Waals surface area contributed by atoms with Gasteiger partial charge in [0.2, 0.25) is 12.2 Å². The van der Waals surface area contributed by atoms with E-state index in [9.17, 15) is 35.1 Å². The molecule has 6 N–H and O–H groups in total. The number of benzene rings is 2. The number of carbonyl (C=O) groups is 2. The number of carboxylic acid groups (broad SMARTS) is 1. The lowest BCUT2D eigenvalue weighted by Gasteiger charge is -2.38. The van der Waals surface area contributed by atoms with Gasteiger partial charge in [0.1, 0.15) is 31.0 Å². The average Bonchev–Trinajstić information content (AvgIpc) is 2.95. The monoisotopic (exact) mass is 589 g/mol. The third-order valence-corrected chi connectivity index (χ3v) is 7.38. The van der Waals surface area contributed by atoms with Crippen molar-refractivity contribution >= 4 is 17.6 Å². The number of ether oxygens (including phenoxy) is 3. The average molecular weight is 590 g/mol. The number of rotatable bonds is 11. The molecule has 2 heterocycles. The summed E-state index contributed by atoms with van der Waals surface area (Å²) in [7, 11) is 0. The molecule has 1 amide bonds. The van der Waals surface area contributed by atoms with E-state index < -0.39 is 42.8 Å². The molecule has 2 aliphatic rings. The van der Waals surface area contributed by atoms with Gasteiger partial charge in [0, 0.05) is 38.4 Å². The van der Waals surface area contributed by atoms with Gasteiger partial charge in [-0.2, -0.15) is 0 Å². The van der Waals surface area contributed by atoms with Crippen molar-refractivity contribution in [1.82, 2.24) is 9.80 Å². The predicted octanol–water partition coefficient (Wildman–Crippen LogP) is -0.430. The minimum Gasteiger partial charge on any atom is -0.487 e. The minimum absolute atomic E-state index is 0.0644. The van der Waals surface area contributed by atoms with E-state index in [1.165, 1.54) is 6.07 Å². The van der Waals surface area contributed by atoms with Gasteiger partial charge in [-0.15, -0.1) is 0 Å². The molecule has 0 spiro atoms. The number of β-amino-alcohol motifs (C(OH)–C–C–N with tert-alkyl or cyclic N) is 1. The molecular weight excluding hydrogens is 550 g/mol. The fourth-order valence-electron chi connectivity index (χ4n) is 5.00. The molecule has 2 fully saturated rings. The number of amides is 1. The maximum Gasteiger partial charge on any atom is 0.335 e. The number of aliphatic carboxylic acids is 1. The smallest absolute Gasteiger partial charge is 0.335 e. The van der Waals surface area contributed by atoms with Crippen LogP contribution in [0.5, 0.6) is 11.5 Å². The first-order chi connectivity index (χ1) is 20.0. The second-order valence-corrected chi connectivity index (χ2v) is 10.7. The van der Waals surface area contributed by atoms with Crippen LogP contribution >= 0.6 is 0 Å². The molecule has 2 aromatic carbocycles. The van der Waals surface area contributed by atoms with Crippen molar-refractivity contribution in [2.24, 2.45) is 0 Å². The Kier molecular flexibility index (Phi) is 10.7. The van der Waals surface area contributed by atoms with Crippen molar-refractivity contribution in [3.8, 4) is 11.5 Å². The van der Waals surface area contributed by atoms with E-state index in [1.807, 2.05) is 32.0 Å². The number of piperazine rings is 1. The van der Waals surface area contributed by atoms with E-state index in [4.69, 9.17) is 14.2 Å². The number of carboxylic acids is 1. The minimum atomic E-state index is -1.83. The van der Waals surface area contributed by atoms with Gasteiger partial charge in [-0.3, -0.25) is 14.6 Å². The third kappa shape index (κ3) is 7.95. The van der Waals surface area contributed by atoms with Crippen LogP contribution in [0, 0.1) is 13.8 Å². The van der Waals surface area contributed by atoms with Crippen molar-refractivity contribution in [2.75, 3.05) is 51.2 Å². The van der Waals surface area contributed by atoms with Gasteiger partial charge in [0.15, 0.2) is 17.6 Å². The zero-order chi connectivity index (χ0) is 30.4. The molecule has 0 aromatic heterocycles. The Balaban J connectivity index is 1.23. The third-order valence-electron chi connectivity index (χ3n) is 7.38. The second kappa shape index (κ2) is 14.2. The summed E-state index contributed by atoms with van der Waals surface area (Å²) in [6.45, 7) is 7.17. The van der Waals surface area contributed by atoms with E-state index in [1.54, 1.807) is 18.2 Å². The molecule has 0 unspecified atom stereocenters. The number of hydrogen-bond acceptors (Lipinski definition) is 11. The largest absolute Gasteiger partial charge is 0.487 e.